The molecule has 0 aliphatic carbocycles. The van der Waals surface area contributed by atoms with Crippen LogP contribution in [-0.2, 0) is 6.54 Å². The van der Waals surface area contributed by atoms with E-state index in [4.69, 9.17) is 16.3 Å². The third-order valence-electron chi connectivity index (χ3n) is 2.85. The predicted octanol–water partition coefficient (Wildman–Crippen LogP) is 5.21. The Bertz CT molecular complexity index is 632. The van der Waals surface area contributed by atoms with Gasteiger partial charge < -0.3 is 15.2 Å². The van der Waals surface area contributed by atoms with E-state index in [-0.39, 0.29) is 11.9 Å². The maximum Gasteiger partial charge on any atom is 0.138 e. The van der Waals surface area contributed by atoms with Crippen LogP contribution in [0.15, 0.2) is 40.9 Å². The number of aromatic hydroxyl groups is 1. The summed E-state index contributed by atoms with van der Waals surface area (Å²) in [5, 5.41) is 13.7. The molecule has 2 N–H and O–H groups in total. The third kappa shape index (κ3) is 4.29. The Hall–Kier alpha value is -1.39. The standard InChI is InChI=1S/C16H17BrClNO2/c1-10(2)21-15-7-6-12(8-14(15)18)19-9-11-4-3-5-13(17)16(11)20/h3-8,10,19-20H,9H2,1-2H3. The maximum atomic E-state index is 9.94. The monoisotopic (exact) mass is 369 g/mol. The summed E-state index contributed by atoms with van der Waals surface area (Å²) in [6.07, 6.45) is 0.0833. The summed E-state index contributed by atoms with van der Waals surface area (Å²) in [6.45, 7) is 4.42. The zero-order valence-electron chi connectivity index (χ0n) is 11.9. The van der Waals surface area contributed by atoms with E-state index in [0.29, 0.717) is 21.8 Å². The molecule has 0 radical (unpaired) electrons. The highest BCUT2D eigenvalue weighted by molar-refractivity contribution is 9.10. The molecule has 3 nitrogen and oxygen atoms in total. The SMILES string of the molecule is CC(C)Oc1ccc(NCc2cccc(Br)c2O)cc1Cl. The maximum absolute atomic E-state index is 9.94. The van der Waals surface area contributed by atoms with E-state index < -0.39 is 0 Å². The molecule has 0 amide bonds. The van der Waals surface area contributed by atoms with Crippen LogP contribution >= 0.6 is 27.5 Å². The van der Waals surface area contributed by atoms with Crippen molar-refractivity contribution >= 4 is 33.2 Å². The van der Waals surface area contributed by atoms with Crippen molar-refractivity contribution in [2.24, 2.45) is 0 Å². The van der Waals surface area contributed by atoms with E-state index >= 15 is 0 Å². The smallest absolute Gasteiger partial charge is 0.138 e. The van der Waals surface area contributed by atoms with E-state index in [0.717, 1.165) is 11.3 Å². The van der Waals surface area contributed by atoms with Crippen LogP contribution in [0.5, 0.6) is 11.5 Å². The predicted molar refractivity (Wildman–Crippen MR) is 90.3 cm³/mol. The Morgan fingerprint density at radius 2 is 2.05 bits per heavy atom. The summed E-state index contributed by atoms with van der Waals surface area (Å²) in [5.41, 5.74) is 1.68. The first kappa shape index (κ1) is 16.0. The Balaban J connectivity index is 2.07. The summed E-state index contributed by atoms with van der Waals surface area (Å²) < 4.78 is 6.27. The third-order valence-corrected chi connectivity index (χ3v) is 3.78. The van der Waals surface area contributed by atoms with Crippen LogP contribution in [0, 0.1) is 0 Å². The van der Waals surface area contributed by atoms with Crippen LogP contribution in [0.4, 0.5) is 5.69 Å². The number of nitrogens with one attached hydrogen (secondary N) is 1. The van der Waals surface area contributed by atoms with Gasteiger partial charge in [-0.3, -0.25) is 0 Å². The van der Waals surface area contributed by atoms with Gasteiger partial charge in [-0.1, -0.05) is 23.7 Å². The summed E-state index contributed by atoms with van der Waals surface area (Å²) in [5.74, 6) is 0.915. The molecule has 112 valence electrons. The van der Waals surface area contributed by atoms with Crippen LogP contribution in [0.1, 0.15) is 19.4 Å². The van der Waals surface area contributed by atoms with Crippen LogP contribution in [0.2, 0.25) is 5.02 Å². The molecule has 5 heteroatoms. The Kier molecular flexibility index (Phi) is 5.37. The molecule has 0 saturated carbocycles. The molecule has 0 unspecified atom stereocenters. The van der Waals surface area contributed by atoms with Crippen LogP contribution < -0.4 is 10.1 Å². The minimum Gasteiger partial charge on any atom is -0.506 e. The van der Waals surface area contributed by atoms with Crippen molar-refractivity contribution in [1.82, 2.24) is 0 Å². The first-order valence-electron chi connectivity index (χ1n) is 6.64. The number of benzene rings is 2. The van der Waals surface area contributed by atoms with Gasteiger partial charge in [0.2, 0.25) is 0 Å². The van der Waals surface area contributed by atoms with E-state index in [1.807, 2.05) is 44.2 Å². The Morgan fingerprint density at radius 3 is 2.71 bits per heavy atom. The van der Waals surface area contributed by atoms with Gasteiger partial charge in [0.1, 0.15) is 11.5 Å². The second kappa shape index (κ2) is 7.05. The fourth-order valence-corrected chi connectivity index (χ4v) is 2.49. The van der Waals surface area contributed by atoms with Crippen molar-refractivity contribution in [3.05, 3.63) is 51.5 Å². The van der Waals surface area contributed by atoms with Crippen molar-refractivity contribution < 1.29 is 9.84 Å². The van der Waals surface area contributed by atoms with Crippen LogP contribution in [0.25, 0.3) is 0 Å². The number of rotatable bonds is 5. The lowest BCUT2D eigenvalue weighted by Crippen LogP contribution is -2.06. The van der Waals surface area contributed by atoms with Gasteiger partial charge in [0.15, 0.2) is 0 Å². The lowest BCUT2D eigenvalue weighted by atomic mass is 10.2. The summed E-state index contributed by atoms with van der Waals surface area (Å²) in [4.78, 5) is 0. The molecule has 0 aliphatic rings. The number of para-hydroxylation sites is 1. The zero-order chi connectivity index (χ0) is 15.4. The highest BCUT2D eigenvalue weighted by atomic mass is 79.9. The van der Waals surface area contributed by atoms with Crippen molar-refractivity contribution in [2.45, 2.75) is 26.5 Å². The zero-order valence-corrected chi connectivity index (χ0v) is 14.2. The summed E-state index contributed by atoms with van der Waals surface area (Å²) >= 11 is 9.49. The molecule has 2 aromatic rings. The highest BCUT2D eigenvalue weighted by Crippen LogP contribution is 2.30. The first-order valence-corrected chi connectivity index (χ1v) is 7.81. The van der Waals surface area contributed by atoms with Gasteiger partial charge in [-0.2, -0.15) is 0 Å². The molecule has 0 aliphatic heterocycles. The number of hydrogen-bond donors (Lipinski definition) is 2. The van der Waals surface area contributed by atoms with Gasteiger partial charge in [-0.15, -0.1) is 0 Å². The van der Waals surface area contributed by atoms with Gasteiger partial charge in [0.25, 0.3) is 0 Å². The number of phenols is 1. The highest BCUT2D eigenvalue weighted by Gasteiger charge is 2.07. The quantitative estimate of drug-likeness (QED) is 0.759. The molecule has 0 fully saturated rings. The largest absolute Gasteiger partial charge is 0.506 e. The number of phenolic OH excluding ortho intramolecular Hbond substituents is 1. The molecule has 21 heavy (non-hydrogen) atoms. The van der Waals surface area contributed by atoms with Gasteiger partial charge >= 0.3 is 0 Å². The molecule has 0 saturated heterocycles. The van der Waals surface area contributed by atoms with E-state index in [1.54, 1.807) is 6.07 Å². The van der Waals surface area contributed by atoms with Crippen LogP contribution in [-0.4, -0.2) is 11.2 Å². The molecule has 0 spiro atoms. The molecule has 0 heterocycles. The minimum absolute atomic E-state index is 0.0833. The van der Waals surface area contributed by atoms with Gasteiger partial charge in [0.05, 0.1) is 15.6 Å². The van der Waals surface area contributed by atoms with Crippen molar-refractivity contribution in [3.63, 3.8) is 0 Å². The summed E-state index contributed by atoms with van der Waals surface area (Å²) in [7, 11) is 0. The Labute approximate surface area is 138 Å². The molecule has 0 bridgehead atoms. The van der Waals surface area contributed by atoms with Crippen molar-refractivity contribution in [1.29, 1.82) is 0 Å². The lowest BCUT2D eigenvalue weighted by molar-refractivity contribution is 0.242. The van der Waals surface area contributed by atoms with Gasteiger partial charge in [0, 0.05) is 17.8 Å². The fourth-order valence-electron chi connectivity index (χ4n) is 1.86. The number of halogens is 2. The average Bonchev–Trinajstić information content (AvgIpc) is 2.43. The topological polar surface area (TPSA) is 41.5 Å². The molecule has 2 aromatic carbocycles. The van der Waals surface area contributed by atoms with E-state index in [2.05, 4.69) is 21.2 Å². The lowest BCUT2D eigenvalue weighted by Gasteiger charge is -2.13. The van der Waals surface area contributed by atoms with Crippen molar-refractivity contribution in [3.8, 4) is 11.5 Å². The molecule has 2 rings (SSSR count). The molecular formula is C16H17BrClNO2. The van der Waals surface area contributed by atoms with Gasteiger partial charge in [-0.25, -0.2) is 0 Å². The second-order valence-corrected chi connectivity index (χ2v) is 6.17. The molecular weight excluding hydrogens is 354 g/mol. The molecule has 0 atom stereocenters. The van der Waals surface area contributed by atoms with Gasteiger partial charge in [-0.05, 0) is 54.0 Å². The number of hydrogen-bond acceptors (Lipinski definition) is 3. The molecule has 0 aromatic heterocycles. The summed E-state index contributed by atoms with van der Waals surface area (Å²) in [6, 6.07) is 11.1. The fraction of sp³-hybridized carbons (Fsp3) is 0.250. The van der Waals surface area contributed by atoms with E-state index in [9.17, 15) is 5.11 Å². The average molecular weight is 371 g/mol. The van der Waals surface area contributed by atoms with Crippen LogP contribution in [0.3, 0.4) is 0 Å². The van der Waals surface area contributed by atoms with Crippen molar-refractivity contribution in [2.75, 3.05) is 5.32 Å². The number of ether oxygens (including phenoxy) is 1. The normalized spacial score (nSPS) is 10.7. The minimum atomic E-state index is 0.0833. The Morgan fingerprint density at radius 1 is 1.29 bits per heavy atom. The van der Waals surface area contributed by atoms with E-state index in [1.165, 1.54) is 0 Å². The first-order chi connectivity index (χ1) is 9.97. The number of anilines is 1. The second-order valence-electron chi connectivity index (χ2n) is 4.91.